The van der Waals surface area contributed by atoms with Crippen LogP contribution in [0, 0.1) is 17.8 Å². The number of likely N-dealkylation sites (tertiary alicyclic amines) is 1. The molecule has 154 valence electrons. The standard InChI is InChI=1S/C21H29F3N4/c1-16(2)15-28-12-9-19(10-13-28)27-20(25-3)26-11-5-7-17-6-4-8-18(14-17)21(22,23)24/h4,6,8,14,16,19H,9-13,15H2,1-3H3,(H2,25,26,27). The number of hydrogen-bond donors (Lipinski definition) is 2. The molecule has 0 amide bonds. The second-order valence-electron chi connectivity index (χ2n) is 7.42. The van der Waals surface area contributed by atoms with Crippen molar-refractivity contribution in [3.63, 3.8) is 0 Å². The number of nitrogens with one attached hydrogen (secondary N) is 2. The van der Waals surface area contributed by atoms with E-state index in [1.54, 1.807) is 13.1 Å². The van der Waals surface area contributed by atoms with Gasteiger partial charge < -0.3 is 15.5 Å². The van der Waals surface area contributed by atoms with E-state index >= 15 is 0 Å². The Morgan fingerprint density at radius 1 is 1.29 bits per heavy atom. The molecular formula is C21H29F3N4. The highest BCUT2D eigenvalue weighted by atomic mass is 19.4. The van der Waals surface area contributed by atoms with Gasteiger partial charge >= 0.3 is 6.18 Å². The van der Waals surface area contributed by atoms with Crippen molar-refractivity contribution in [2.45, 2.75) is 38.9 Å². The zero-order valence-corrected chi connectivity index (χ0v) is 16.7. The van der Waals surface area contributed by atoms with Gasteiger partial charge in [-0.1, -0.05) is 31.8 Å². The van der Waals surface area contributed by atoms with E-state index in [0.29, 0.717) is 30.0 Å². The van der Waals surface area contributed by atoms with Crippen molar-refractivity contribution in [2.24, 2.45) is 10.9 Å². The van der Waals surface area contributed by atoms with Gasteiger partial charge in [0.25, 0.3) is 0 Å². The molecule has 0 atom stereocenters. The predicted octanol–water partition coefficient (Wildman–Crippen LogP) is 3.34. The van der Waals surface area contributed by atoms with Crippen molar-refractivity contribution in [2.75, 3.05) is 33.2 Å². The van der Waals surface area contributed by atoms with Crippen LogP contribution in [-0.4, -0.2) is 50.1 Å². The zero-order chi connectivity index (χ0) is 20.6. The molecule has 4 nitrogen and oxygen atoms in total. The predicted molar refractivity (Wildman–Crippen MR) is 107 cm³/mol. The van der Waals surface area contributed by atoms with Gasteiger partial charge in [-0.25, -0.2) is 0 Å². The number of guanidine groups is 1. The number of rotatable bonds is 4. The van der Waals surface area contributed by atoms with E-state index in [1.807, 2.05) is 0 Å². The Kier molecular flexibility index (Phi) is 8.18. The average molecular weight is 394 g/mol. The summed E-state index contributed by atoms with van der Waals surface area (Å²) in [4.78, 5) is 6.69. The van der Waals surface area contributed by atoms with Crippen molar-refractivity contribution in [1.29, 1.82) is 0 Å². The summed E-state index contributed by atoms with van der Waals surface area (Å²) in [5.41, 5.74) is -0.342. The molecule has 0 bridgehead atoms. The van der Waals surface area contributed by atoms with E-state index in [2.05, 4.69) is 46.2 Å². The molecule has 2 rings (SSSR count). The third-order valence-corrected chi connectivity index (χ3v) is 4.54. The second-order valence-corrected chi connectivity index (χ2v) is 7.42. The van der Waals surface area contributed by atoms with Gasteiger partial charge in [-0.15, -0.1) is 0 Å². The van der Waals surface area contributed by atoms with Crippen LogP contribution in [0.25, 0.3) is 0 Å². The third kappa shape index (κ3) is 7.43. The Morgan fingerprint density at radius 3 is 2.61 bits per heavy atom. The topological polar surface area (TPSA) is 39.7 Å². The number of halogens is 3. The van der Waals surface area contributed by atoms with Crippen LogP contribution < -0.4 is 10.6 Å². The summed E-state index contributed by atoms with van der Waals surface area (Å²) in [6, 6.07) is 5.41. The zero-order valence-electron chi connectivity index (χ0n) is 16.7. The highest BCUT2D eigenvalue weighted by Crippen LogP contribution is 2.29. The van der Waals surface area contributed by atoms with Crippen molar-refractivity contribution in [1.82, 2.24) is 15.5 Å². The molecule has 1 saturated heterocycles. The van der Waals surface area contributed by atoms with Crippen molar-refractivity contribution >= 4 is 5.96 Å². The molecule has 1 aromatic rings. The average Bonchev–Trinajstić information content (AvgIpc) is 2.65. The van der Waals surface area contributed by atoms with Gasteiger partial charge in [0, 0.05) is 38.3 Å². The van der Waals surface area contributed by atoms with Gasteiger partial charge in [0.05, 0.1) is 12.1 Å². The van der Waals surface area contributed by atoms with Crippen LogP contribution in [0.5, 0.6) is 0 Å². The molecular weight excluding hydrogens is 365 g/mol. The molecule has 0 spiro atoms. The number of piperidine rings is 1. The fourth-order valence-corrected chi connectivity index (χ4v) is 3.21. The molecule has 7 heteroatoms. The smallest absolute Gasteiger partial charge is 0.354 e. The summed E-state index contributed by atoms with van der Waals surface area (Å²) < 4.78 is 38.2. The highest BCUT2D eigenvalue weighted by Gasteiger charge is 2.30. The maximum Gasteiger partial charge on any atom is 0.416 e. The van der Waals surface area contributed by atoms with Crippen LogP contribution in [0.2, 0.25) is 0 Å². The molecule has 0 saturated carbocycles. The van der Waals surface area contributed by atoms with Crippen LogP contribution in [0.15, 0.2) is 29.3 Å². The molecule has 1 fully saturated rings. The first-order valence-corrected chi connectivity index (χ1v) is 9.63. The Hall–Kier alpha value is -2.20. The molecule has 0 aromatic heterocycles. The molecule has 1 heterocycles. The van der Waals surface area contributed by atoms with E-state index in [0.717, 1.165) is 44.6 Å². The van der Waals surface area contributed by atoms with Crippen molar-refractivity contribution < 1.29 is 13.2 Å². The van der Waals surface area contributed by atoms with Crippen LogP contribution in [0.4, 0.5) is 13.2 Å². The van der Waals surface area contributed by atoms with Crippen LogP contribution in [-0.2, 0) is 6.18 Å². The molecule has 1 aliphatic heterocycles. The number of hydrogen-bond acceptors (Lipinski definition) is 2. The maximum atomic E-state index is 12.7. The van der Waals surface area contributed by atoms with Crippen molar-refractivity contribution in [3.05, 3.63) is 35.4 Å². The molecule has 2 N–H and O–H groups in total. The van der Waals surface area contributed by atoms with Gasteiger partial charge in [0.1, 0.15) is 0 Å². The number of aliphatic imine (C=N–C) groups is 1. The fourth-order valence-electron chi connectivity index (χ4n) is 3.21. The Balaban J connectivity index is 1.79. The molecule has 28 heavy (non-hydrogen) atoms. The Bertz CT molecular complexity index is 708. The quantitative estimate of drug-likeness (QED) is 0.467. The minimum Gasteiger partial charge on any atom is -0.354 e. The van der Waals surface area contributed by atoms with Crippen LogP contribution in [0.3, 0.4) is 0 Å². The lowest BCUT2D eigenvalue weighted by Crippen LogP contribution is -2.49. The van der Waals surface area contributed by atoms with E-state index in [-0.39, 0.29) is 0 Å². The van der Waals surface area contributed by atoms with E-state index < -0.39 is 11.7 Å². The first-order valence-electron chi connectivity index (χ1n) is 9.63. The molecule has 1 aliphatic rings. The molecule has 0 unspecified atom stereocenters. The second kappa shape index (κ2) is 10.4. The summed E-state index contributed by atoms with van der Waals surface area (Å²) in [5, 5.41) is 6.51. The normalized spacial score (nSPS) is 16.6. The van der Waals surface area contributed by atoms with E-state index in [4.69, 9.17) is 0 Å². The molecule has 1 aromatic carbocycles. The largest absolute Gasteiger partial charge is 0.416 e. The minimum atomic E-state index is -4.35. The third-order valence-electron chi connectivity index (χ3n) is 4.54. The van der Waals surface area contributed by atoms with Gasteiger partial charge in [-0.2, -0.15) is 13.2 Å². The summed E-state index contributed by atoms with van der Waals surface area (Å²) in [5.74, 6) is 6.96. The maximum absolute atomic E-state index is 12.7. The SMILES string of the molecule is CN=C(NCC#Cc1cccc(C(F)(F)F)c1)NC1CCN(CC(C)C)CC1. The number of benzene rings is 1. The first-order chi connectivity index (χ1) is 13.3. The van der Waals surface area contributed by atoms with Crippen LogP contribution in [0.1, 0.15) is 37.8 Å². The number of alkyl halides is 3. The summed E-state index contributed by atoms with van der Waals surface area (Å²) in [6.45, 7) is 8.05. The summed E-state index contributed by atoms with van der Waals surface area (Å²) in [7, 11) is 1.70. The van der Waals surface area contributed by atoms with Gasteiger partial charge in [-0.05, 0) is 37.0 Å². The lowest BCUT2D eigenvalue weighted by atomic mass is 10.0. The van der Waals surface area contributed by atoms with Crippen molar-refractivity contribution in [3.8, 4) is 11.8 Å². The van der Waals surface area contributed by atoms with E-state index in [1.165, 1.54) is 6.07 Å². The Labute approximate surface area is 165 Å². The number of nitrogens with zero attached hydrogens (tertiary/aromatic N) is 2. The van der Waals surface area contributed by atoms with Gasteiger partial charge in [-0.3, -0.25) is 4.99 Å². The Morgan fingerprint density at radius 2 is 2.00 bits per heavy atom. The van der Waals surface area contributed by atoms with Gasteiger partial charge in [0.2, 0.25) is 0 Å². The fraction of sp³-hybridized carbons (Fsp3) is 0.571. The lowest BCUT2D eigenvalue weighted by Gasteiger charge is -2.33. The monoisotopic (exact) mass is 394 g/mol. The summed E-state index contributed by atoms with van der Waals surface area (Å²) in [6.07, 6.45) is -2.24. The lowest BCUT2D eigenvalue weighted by molar-refractivity contribution is -0.137. The minimum absolute atomic E-state index is 0.308. The summed E-state index contributed by atoms with van der Waals surface area (Å²) >= 11 is 0. The van der Waals surface area contributed by atoms with Gasteiger partial charge in [0.15, 0.2) is 5.96 Å². The highest BCUT2D eigenvalue weighted by molar-refractivity contribution is 5.80. The molecule has 0 aliphatic carbocycles. The van der Waals surface area contributed by atoms with E-state index in [9.17, 15) is 13.2 Å². The first kappa shape index (κ1) is 22.1. The molecule has 0 radical (unpaired) electrons. The van der Waals surface area contributed by atoms with Crippen LogP contribution >= 0.6 is 0 Å².